The number of methoxy groups -OCH3 is 1. The fourth-order valence-electron chi connectivity index (χ4n) is 2.88. The van der Waals surface area contributed by atoms with Gasteiger partial charge in [0.15, 0.2) is 8.32 Å². The van der Waals surface area contributed by atoms with E-state index in [1.807, 2.05) is 38.1 Å². The summed E-state index contributed by atoms with van der Waals surface area (Å²) in [6.45, 7) is 16.3. The van der Waals surface area contributed by atoms with Gasteiger partial charge in [-0.1, -0.05) is 46.8 Å². The molecule has 1 aromatic carbocycles. The molecule has 0 saturated heterocycles. The summed E-state index contributed by atoms with van der Waals surface area (Å²) in [5, 5.41) is 10.7. The summed E-state index contributed by atoms with van der Waals surface area (Å²) in [5.74, 6) is 0.371. The second kappa shape index (κ2) is 12.0. The number of ether oxygens (including phenoxy) is 2. The van der Waals surface area contributed by atoms with E-state index in [0.717, 1.165) is 11.3 Å². The number of carbonyl (C=O) groups excluding carboxylic acids is 1. The molecule has 0 radical (unpaired) electrons. The van der Waals surface area contributed by atoms with Crippen LogP contribution < -0.4 is 4.74 Å². The summed E-state index contributed by atoms with van der Waals surface area (Å²) in [7, 11) is -0.139. The zero-order valence-electron chi connectivity index (χ0n) is 20.2. The summed E-state index contributed by atoms with van der Waals surface area (Å²) in [6, 6.07) is 7.70. The predicted molar refractivity (Wildman–Crippen MR) is 124 cm³/mol. The largest absolute Gasteiger partial charge is 0.497 e. The Morgan fingerprint density at radius 3 is 2.27 bits per heavy atom. The van der Waals surface area contributed by atoms with E-state index in [1.54, 1.807) is 7.11 Å². The van der Waals surface area contributed by atoms with Crippen LogP contribution in [-0.4, -0.2) is 45.6 Å². The average molecular weight is 439 g/mol. The molecule has 0 heterocycles. The lowest BCUT2D eigenvalue weighted by molar-refractivity contribution is -0.127. The van der Waals surface area contributed by atoms with E-state index in [1.165, 1.54) is 0 Å². The summed E-state index contributed by atoms with van der Waals surface area (Å²) < 4.78 is 17.0. The number of benzene rings is 1. The first-order valence-electron chi connectivity index (χ1n) is 10.9. The van der Waals surface area contributed by atoms with Crippen LogP contribution in [0.15, 0.2) is 24.3 Å². The molecule has 0 bridgehead atoms. The van der Waals surface area contributed by atoms with Gasteiger partial charge in [-0.25, -0.2) is 0 Å². The molecule has 172 valence electrons. The third-order valence-electron chi connectivity index (χ3n) is 6.25. The lowest BCUT2D eigenvalue weighted by atomic mass is 9.89. The van der Waals surface area contributed by atoms with Crippen molar-refractivity contribution in [2.75, 3.05) is 20.3 Å². The molecule has 6 heteroatoms. The van der Waals surface area contributed by atoms with Gasteiger partial charge in [-0.15, -0.1) is 0 Å². The Balaban J connectivity index is 2.35. The van der Waals surface area contributed by atoms with Crippen molar-refractivity contribution in [2.24, 2.45) is 11.8 Å². The topological polar surface area (TPSA) is 65.0 Å². The van der Waals surface area contributed by atoms with Crippen molar-refractivity contribution in [3.63, 3.8) is 0 Å². The van der Waals surface area contributed by atoms with Crippen LogP contribution in [0.4, 0.5) is 0 Å². The molecule has 0 aliphatic carbocycles. The molecule has 0 aliphatic rings. The third-order valence-corrected chi connectivity index (χ3v) is 10.8. The predicted octanol–water partition coefficient (Wildman–Crippen LogP) is 5.22. The highest BCUT2D eigenvalue weighted by atomic mass is 28.4. The number of rotatable bonds is 13. The van der Waals surface area contributed by atoms with Gasteiger partial charge < -0.3 is 19.0 Å². The quantitative estimate of drug-likeness (QED) is 0.338. The van der Waals surface area contributed by atoms with E-state index in [-0.39, 0.29) is 16.7 Å². The number of hydrogen-bond acceptors (Lipinski definition) is 5. The zero-order chi connectivity index (χ0) is 22.9. The molecule has 0 saturated carbocycles. The Bertz CT molecular complexity index is 636. The Morgan fingerprint density at radius 2 is 1.73 bits per heavy atom. The second-order valence-electron chi connectivity index (χ2n) is 9.80. The smallest absolute Gasteiger partial charge is 0.191 e. The van der Waals surface area contributed by atoms with E-state index in [4.69, 9.17) is 13.9 Å². The van der Waals surface area contributed by atoms with Gasteiger partial charge in [0.25, 0.3) is 0 Å². The Kier molecular flexibility index (Phi) is 10.7. The van der Waals surface area contributed by atoms with Gasteiger partial charge in [-0.05, 0) is 42.2 Å². The summed E-state index contributed by atoms with van der Waals surface area (Å²) in [4.78, 5) is 12.5. The molecule has 0 fully saturated rings. The first kappa shape index (κ1) is 26.8. The van der Waals surface area contributed by atoms with Crippen molar-refractivity contribution < 1.29 is 23.8 Å². The normalized spacial score (nSPS) is 15.5. The Morgan fingerprint density at radius 1 is 1.13 bits per heavy atom. The third kappa shape index (κ3) is 8.50. The zero-order valence-corrected chi connectivity index (χ0v) is 21.2. The summed E-state index contributed by atoms with van der Waals surface area (Å²) in [6.07, 6.45) is 0.423. The number of aliphatic hydroxyl groups excluding tert-OH is 1. The lowest BCUT2D eigenvalue weighted by Gasteiger charge is -2.36. The molecule has 1 rings (SSSR count). The summed E-state index contributed by atoms with van der Waals surface area (Å²) >= 11 is 0. The Labute approximate surface area is 184 Å². The fraction of sp³-hybridized carbons (Fsp3) is 0.708. The molecular formula is C24H42O5Si. The van der Waals surface area contributed by atoms with Crippen LogP contribution >= 0.6 is 0 Å². The second-order valence-corrected chi connectivity index (χ2v) is 14.6. The van der Waals surface area contributed by atoms with Crippen molar-refractivity contribution in [3.8, 4) is 5.75 Å². The van der Waals surface area contributed by atoms with Crippen molar-refractivity contribution in [3.05, 3.63) is 29.8 Å². The van der Waals surface area contributed by atoms with Crippen LogP contribution in [-0.2, 0) is 20.6 Å². The molecule has 0 spiro atoms. The van der Waals surface area contributed by atoms with E-state index in [2.05, 4.69) is 33.9 Å². The van der Waals surface area contributed by atoms with Gasteiger partial charge in [0.05, 0.1) is 26.4 Å². The van der Waals surface area contributed by atoms with Crippen molar-refractivity contribution in [2.45, 2.75) is 78.3 Å². The minimum Gasteiger partial charge on any atom is -0.497 e. The maximum atomic E-state index is 12.5. The van der Waals surface area contributed by atoms with Crippen LogP contribution in [0.25, 0.3) is 0 Å². The van der Waals surface area contributed by atoms with E-state index < -0.39 is 20.3 Å². The molecule has 1 N–H and O–H groups in total. The highest BCUT2D eigenvalue weighted by molar-refractivity contribution is 6.74. The number of Topliss-reactive ketones (excluding diaryl/α,β-unsaturated/α-hetero) is 1. The highest BCUT2D eigenvalue weighted by Gasteiger charge is 2.37. The summed E-state index contributed by atoms with van der Waals surface area (Å²) in [5.41, 5.74) is 1.04. The van der Waals surface area contributed by atoms with Gasteiger partial charge in [0.1, 0.15) is 11.5 Å². The van der Waals surface area contributed by atoms with Crippen molar-refractivity contribution in [1.82, 2.24) is 0 Å². The number of ketones is 1. The Hall–Kier alpha value is -1.21. The molecule has 0 aromatic heterocycles. The van der Waals surface area contributed by atoms with E-state index in [0.29, 0.717) is 32.7 Å². The fourth-order valence-corrected chi connectivity index (χ4v) is 3.97. The monoisotopic (exact) mass is 438 g/mol. The highest BCUT2D eigenvalue weighted by Crippen LogP contribution is 2.36. The molecule has 5 nitrogen and oxygen atoms in total. The minimum absolute atomic E-state index is 0.0864. The van der Waals surface area contributed by atoms with Crippen molar-refractivity contribution >= 4 is 14.1 Å². The minimum atomic E-state index is -1.78. The van der Waals surface area contributed by atoms with Gasteiger partial charge in [0, 0.05) is 24.9 Å². The standard InChI is InChI=1S/C24H42O5Si/c1-18(16-28-17-20-11-13-21(27-6)14-12-20)23(26)19(2)22(25)10-9-15-29-30(7,8)24(3,4)5/h11-14,18-19,23,26H,9-10,15-17H2,1-8H3/t18-,19-,23-/m0/s1. The number of hydrogen-bond donors (Lipinski definition) is 1. The van der Waals surface area contributed by atoms with E-state index in [9.17, 15) is 9.90 Å². The number of carbonyl (C=O) groups is 1. The first-order valence-corrected chi connectivity index (χ1v) is 13.8. The van der Waals surface area contributed by atoms with Crippen LogP contribution in [0.2, 0.25) is 18.1 Å². The van der Waals surface area contributed by atoms with Gasteiger partial charge in [-0.3, -0.25) is 4.79 Å². The molecule has 0 amide bonds. The molecule has 0 aliphatic heterocycles. The molecular weight excluding hydrogens is 396 g/mol. The van der Waals surface area contributed by atoms with Crippen LogP contribution in [0.5, 0.6) is 5.75 Å². The van der Waals surface area contributed by atoms with Crippen LogP contribution in [0, 0.1) is 11.8 Å². The van der Waals surface area contributed by atoms with Crippen molar-refractivity contribution in [1.29, 1.82) is 0 Å². The van der Waals surface area contributed by atoms with Gasteiger partial charge in [-0.2, -0.15) is 0 Å². The van der Waals surface area contributed by atoms with Crippen LogP contribution in [0.1, 0.15) is 53.0 Å². The molecule has 0 unspecified atom stereocenters. The maximum Gasteiger partial charge on any atom is 0.191 e. The molecule has 1 aromatic rings. The van der Waals surface area contributed by atoms with E-state index >= 15 is 0 Å². The average Bonchev–Trinajstić information content (AvgIpc) is 2.69. The molecule has 30 heavy (non-hydrogen) atoms. The molecule has 3 atom stereocenters. The van der Waals surface area contributed by atoms with Crippen LogP contribution in [0.3, 0.4) is 0 Å². The SMILES string of the molecule is COc1ccc(COC[C@H](C)[C@H](O)[C@@H](C)C(=O)CCCO[Si](C)(C)C(C)(C)C)cc1. The van der Waals surface area contributed by atoms with Gasteiger partial charge in [0.2, 0.25) is 0 Å². The first-order chi connectivity index (χ1) is 13.9. The van der Waals surface area contributed by atoms with Gasteiger partial charge >= 0.3 is 0 Å². The number of aliphatic hydroxyl groups is 1. The lowest BCUT2D eigenvalue weighted by Crippen LogP contribution is -2.41. The maximum absolute atomic E-state index is 12.5.